The van der Waals surface area contributed by atoms with Crippen molar-refractivity contribution in [2.45, 2.75) is 0 Å². The number of anilines is 1. The Hall–Kier alpha value is -1.93. The lowest BCUT2D eigenvalue weighted by Gasteiger charge is -2.03. The average Bonchev–Trinajstić information content (AvgIpc) is 2.67. The van der Waals surface area contributed by atoms with Gasteiger partial charge in [0.25, 0.3) is 0 Å². The second-order valence-electron chi connectivity index (χ2n) is 2.79. The van der Waals surface area contributed by atoms with Crippen LogP contribution in [0, 0.1) is 0 Å². The molecule has 2 rings (SSSR count). The van der Waals surface area contributed by atoms with Crippen LogP contribution in [0.15, 0.2) is 12.5 Å². The highest BCUT2D eigenvalue weighted by atomic mass is 35.5. The lowest BCUT2D eigenvalue weighted by molar-refractivity contribution is 0.422. The van der Waals surface area contributed by atoms with E-state index in [1.807, 2.05) is 0 Å². The molecule has 84 valence electrons. The van der Waals surface area contributed by atoms with Crippen molar-refractivity contribution in [1.29, 1.82) is 0 Å². The minimum Gasteiger partial charge on any atom is -0.402 e. The zero-order chi connectivity index (χ0) is 11.5. The van der Waals surface area contributed by atoms with Crippen LogP contribution in [-0.2, 0) is 7.05 Å². The van der Waals surface area contributed by atoms with Crippen LogP contribution in [0.5, 0.6) is 11.9 Å². The average molecular weight is 242 g/mol. The fourth-order valence-electron chi connectivity index (χ4n) is 0.945. The van der Waals surface area contributed by atoms with Crippen LogP contribution < -0.4 is 16.0 Å². The van der Waals surface area contributed by atoms with E-state index < -0.39 is 0 Å². The molecule has 0 aliphatic heterocycles. The monoisotopic (exact) mass is 241 g/mol. The molecule has 2 aromatic rings. The second kappa shape index (κ2) is 4.29. The van der Waals surface area contributed by atoms with E-state index in [9.17, 15) is 0 Å². The molecular formula is C7H8ClN7O. The van der Waals surface area contributed by atoms with Gasteiger partial charge in [0, 0.05) is 7.05 Å². The normalized spacial score (nSPS) is 10.2. The van der Waals surface area contributed by atoms with Gasteiger partial charge in [0.2, 0.25) is 11.8 Å². The maximum absolute atomic E-state index is 5.83. The summed E-state index contributed by atoms with van der Waals surface area (Å²) in [5.41, 5.74) is 2.28. The van der Waals surface area contributed by atoms with Crippen LogP contribution in [-0.4, -0.2) is 24.7 Å². The molecule has 0 bridgehead atoms. The number of aryl methyl sites for hydroxylation is 1. The van der Waals surface area contributed by atoms with Crippen LogP contribution in [0.2, 0.25) is 5.02 Å². The minimum atomic E-state index is 0.135. The number of aromatic nitrogens is 5. The number of hydrogen-bond acceptors (Lipinski definition) is 7. The Morgan fingerprint density at radius 3 is 2.94 bits per heavy atom. The summed E-state index contributed by atoms with van der Waals surface area (Å²) in [5, 5.41) is 4.16. The lowest BCUT2D eigenvalue weighted by Crippen LogP contribution is -2.10. The highest BCUT2D eigenvalue weighted by Gasteiger charge is 2.09. The fourth-order valence-corrected chi connectivity index (χ4v) is 1.07. The zero-order valence-corrected chi connectivity index (χ0v) is 9.01. The van der Waals surface area contributed by atoms with Gasteiger partial charge < -0.3 is 4.74 Å². The SMILES string of the molecule is Cn1cnc(Oc2nc(NN)ncc2Cl)n1. The molecule has 0 spiro atoms. The van der Waals surface area contributed by atoms with Crippen LogP contribution in [0.25, 0.3) is 0 Å². The first-order valence-corrected chi connectivity index (χ1v) is 4.59. The molecule has 0 radical (unpaired) electrons. The summed E-state index contributed by atoms with van der Waals surface area (Å²) in [4.78, 5) is 11.6. The first kappa shape index (κ1) is 10.6. The predicted molar refractivity (Wildman–Crippen MR) is 55.9 cm³/mol. The Balaban J connectivity index is 2.26. The van der Waals surface area contributed by atoms with E-state index in [1.54, 1.807) is 7.05 Å². The molecule has 0 aliphatic carbocycles. The molecule has 0 saturated heterocycles. The molecule has 0 unspecified atom stereocenters. The third-order valence-corrected chi connectivity index (χ3v) is 1.87. The van der Waals surface area contributed by atoms with Crippen LogP contribution in [0.1, 0.15) is 0 Å². The van der Waals surface area contributed by atoms with E-state index in [2.05, 4.69) is 25.5 Å². The summed E-state index contributed by atoms with van der Waals surface area (Å²) >= 11 is 5.83. The summed E-state index contributed by atoms with van der Waals surface area (Å²) in [7, 11) is 1.72. The van der Waals surface area contributed by atoms with Gasteiger partial charge in [-0.2, -0.15) is 9.97 Å². The van der Waals surface area contributed by atoms with Gasteiger partial charge in [-0.1, -0.05) is 11.6 Å². The molecule has 0 aliphatic rings. The Morgan fingerprint density at radius 1 is 1.50 bits per heavy atom. The number of rotatable bonds is 3. The topological polar surface area (TPSA) is 104 Å². The van der Waals surface area contributed by atoms with E-state index in [0.717, 1.165) is 0 Å². The Bertz CT molecular complexity index is 499. The zero-order valence-electron chi connectivity index (χ0n) is 8.25. The number of nitrogens with zero attached hydrogens (tertiary/aromatic N) is 5. The molecule has 16 heavy (non-hydrogen) atoms. The van der Waals surface area contributed by atoms with Gasteiger partial charge in [0.05, 0.1) is 6.20 Å². The first-order chi connectivity index (χ1) is 7.69. The molecule has 8 nitrogen and oxygen atoms in total. The second-order valence-corrected chi connectivity index (χ2v) is 3.20. The molecule has 0 amide bonds. The maximum atomic E-state index is 5.83. The van der Waals surface area contributed by atoms with Gasteiger partial charge in [0.15, 0.2) is 0 Å². The highest BCUT2D eigenvalue weighted by Crippen LogP contribution is 2.24. The number of hydrazine groups is 1. The van der Waals surface area contributed by atoms with Gasteiger partial charge in [0.1, 0.15) is 11.3 Å². The quantitative estimate of drug-likeness (QED) is 0.590. The first-order valence-electron chi connectivity index (χ1n) is 4.21. The van der Waals surface area contributed by atoms with E-state index >= 15 is 0 Å². The molecule has 0 aromatic carbocycles. The molecule has 0 atom stereocenters. The van der Waals surface area contributed by atoms with E-state index in [1.165, 1.54) is 17.2 Å². The number of nitrogen functional groups attached to an aromatic ring is 1. The predicted octanol–water partition coefficient (Wildman–Crippen LogP) is 0.336. The van der Waals surface area contributed by atoms with E-state index in [-0.39, 0.29) is 22.9 Å². The lowest BCUT2D eigenvalue weighted by atomic mass is 10.6. The van der Waals surface area contributed by atoms with E-state index in [0.29, 0.717) is 0 Å². The summed E-state index contributed by atoms with van der Waals surface area (Å²) in [6.07, 6.45) is 2.86. The third kappa shape index (κ3) is 2.18. The van der Waals surface area contributed by atoms with Gasteiger partial charge >= 0.3 is 6.01 Å². The molecule has 2 heterocycles. The van der Waals surface area contributed by atoms with Crippen molar-refractivity contribution in [1.82, 2.24) is 24.7 Å². The number of nitrogens with two attached hydrogens (primary N) is 1. The van der Waals surface area contributed by atoms with Crippen molar-refractivity contribution in [3.63, 3.8) is 0 Å². The molecular weight excluding hydrogens is 234 g/mol. The molecule has 9 heteroatoms. The Kier molecular flexibility index (Phi) is 2.84. The summed E-state index contributed by atoms with van der Waals surface area (Å²) in [5.74, 6) is 5.48. The molecule has 3 N–H and O–H groups in total. The van der Waals surface area contributed by atoms with E-state index in [4.69, 9.17) is 22.2 Å². The number of nitrogens with one attached hydrogen (secondary N) is 1. The standard InChI is InChI=1S/C7H8ClN7O/c1-15-3-11-7(14-15)16-5-4(8)2-10-6(12-5)13-9/h2-3H,9H2,1H3,(H,10,12,13). The van der Waals surface area contributed by atoms with Crippen LogP contribution in [0.4, 0.5) is 5.95 Å². The van der Waals surface area contributed by atoms with Crippen LogP contribution in [0.3, 0.4) is 0 Å². The Labute approximate surface area is 95.4 Å². The number of ether oxygens (including phenoxy) is 1. The fraction of sp³-hybridized carbons (Fsp3) is 0.143. The third-order valence-electron chi connectivity index (χ3n) is 1.61. The van der Waals surface area contributed by atoms with Gasteiger partial charge in [-0.25, -0.2) is 10.8 Å². The van der Waals surface area contributed by atoms with Gasteiger partial charge in [-0.3, -0.25) is 10.1 Å². The Morgan fingerprint density at radius 2 is 2.31 bits per heavy atom. The number of halogens is 1. The summed E-state index contributed by atoms with van der Waals surface area (Å²) < 4.78 is 6.74. The van der Waals surface area contributed by atoms with Gasteiger partial charge in [-0.05, 0) is 0 Å². The molecule has 2 aromatic heterocycles. The summed E-state index contributed by atoms with van der Waals surface area (Å²) in [6.45, 7) is 0. The number of hydrogen-bond donors (Lipinski definition) is 2. The van der Waals surface area contributed by atoms with Crippen molar-refractivity contribution in [3.05, 3.63) is 17.5 Å². The smallest absolute Gasteiger partial charge is 0.342 e. The van der Waals surface area contributed by atoms with Gasteiger partial charge in [-0.15, -0.1) is 5.10 Å². The highest BCUT2D eigenvalue weighted by molar-refractivity contribution is 6.31. The van der Waals surface area contributed by atoms with Crippen molar-refractivity contribution < 1.29 is 4.74 Å². The van der Waals surface area contributed by atoms with Crippen LogP contribution >= 0.6 is 11.6 Å². The summed E-state index contributed by atoms with van der Waals surface area (Å²) in [6, 6.07) is 0.145. The van der Waals surface area contributed by atoms with Crippen molar-refractivity contribution >= 4 is 17.5 Å². The maximum Gasteiger partial charge on any atom is 0.342 e. The molecule has 0 fully saturated rings. The minimum absolute atomic E-state index is 0.135. The van der Waals surface area contributed by atoms with Crippen molar-refractivity contribution in [2.24, 2.45) is 12.9 Å². The molecule has 0 saturated carbocycles. The van der Waals surface area contributed by atoms with Crippen molar-refractivity contribution in [2.75, 3.05) is 5.43 Å². The van der Waals surface area contributed by atoms with Crippen molar-refractivity contribution in [3.8, 4) is 11.9 Å². The largest absolute Gasteiger partial charge is 0.402 e.